The zero-order valence-electron chi connectivity index (χ0n) is 8.42. The molecule has 1 unspecified atom stereocenters. The minimum atomic E-state index is -0.534. The highest BCUT2D eigenvalue weighted by Gasteiger charge is 2.21. The highest BCUT2D eigenvalue weighted by Crippen LogP contribution is 2.20. The van der Waals surface area contributed by atoms with Crippen molar-refractivity contribution in [2.75, 3.05) is 0 Å². The van der Waals surface area contributed by atoms with E-state index in [0.717, 1.165) is 12.8 Å². The Morgan fingerprint density at radius 3 is 2.77 bits per heavy atom. The number of hydrogen-bond acceptors (Lipinski definition) is 2. The number of Topliss-reactive ketones (excluding diaryl/α,β-unsaturated/α-hetero) is 1. The second kappa shape index (κ2) is 4.56. The molecule has 0 aromatic carbocycles. The quantitative estimate of drug-likeness (QED) is 0.725. The Bertz CT molecular complexity index is 216. The number of hydrogen-bond donors (Lipinski definition) is 1. The number of allylic oxidation sites excluding steroid dienone is 1. The van der Waals surface area contributed by atoms with Gasteiger partial charge in [-0.2, -0.15) is 0 Å². The van der Waals surface area contributed by atoms with Crippen molar-refractivity contribution in [3.8, 4) is 0 Å². The van der Waals surface area contributed by atoms with Gasteiger partial charge in [-0.25, -0.2) is 0 Å². The summed E-state index contributed by atoms with van der Waals surface area (Å²) in [6.45, 7) is 4.11. The van der Waals surface area contributed by atoms with Crippen molar-refractivity contribution >= 4 is 5.78 Å². The fourth-order valence-electron chi connectivity index (χ4n) is 1.67. The van der Waals surface area contributed by atoms with Gasteiger partial charge in [0, 0.05) is 12.0 Å². The van der Waals surface area contributed by atoms with Gasteiger partial charge in [0.15, 0.2) is 5.78 Å². The van der Waals surface area contributed by atoms with E-state index in [2.05, 4.69) is 13.8 Å². The Kier molecular flexibility index (Phi) is 3.67. The topological polar surface area (TPSA) is 37.3 Å². The van der Waals surface area contributed by atoms with Crippen LogP contribution >= 0.6 is 0 Å². The largest absolute Gasteiger partial charge is 0.388 e. The first-order chi connectivity index (χ1) is 6.11. The van der Waals surface area contributed by atoms with Crippen molar-refractivity contribution < 1.29 is 9.90 Å². The summed E-state index contributed by atoms with van der Waals surface area (Å²) in [5.41, 5.74) is 0.653. The van der Waals surface area contributed by atoms with E-state index in [1.54, 1.807) is 0 Å². The minimum absolute atomic E-state index is 0.138. The van der Waals surface area contributed by atoms with E-state index in [4.69, 9.17) is 0 Å². The lowest BCUT2D eigenvalue weighted by Gasteiger charge is -2.18. The molecule has 1 rings (SSSR count). The van der Waals surface area contributed by atoms with Crippen LogP contribution in [0.25, 0.3) is 0 Å². The zero-order chi connectivity index (χ0) is 9.84. The molecule has 1 aliphatic carbocycles. The van der Waals surface area contributed by atoms with Crippen LogP contribution in [-0.2, 0) is 4.79 Å². The third-order valence-corrected chi connectivity index (χ3v) is 2.35. The van der Waals surface area contributed by atoms with E-state index in [1.165, 1.54) is 0 Å². The number of ketones is 1. The molecule has 0 heterocycles. The summed E-state index contributed by atoms with van der Waals surface area (Å²) >= 11 is 0. The summed E-state index contributed by atoms with van der Waals surface area (Å²) in [7, 11) is 0. The molecule has 0 amide bonds. The van der Waals surface area contributed by atoms with Crippen LogP contribution in [0.15, 0.2) is 11.6 Å². The van der Waals surface area contributed by atoms with Crippen molar-refractivity contribution in [3.05, 3.63) is 11.6 Å². The van der Waals surface area contributed by atoms with Crippen LogP contribution in [0.5, 0.6) is 0 Å². The van der Waals surface area contributed by atoms with Gasteiger partial charge in [-0.15, -0.1) is 0 Å². The third-order valence-electron chi connectivity index (χ3n) is 2.35. The van der Waals surface area contributed by atoms with Gasteiger partial charge in [0.25, 0.3) is 0 Å². The smallest absolute Gasteiger partial charge is 0.161 e. The molecule has 0 saturated heterocycles. The maximum absolute atomic E-state index is 11.4. The van der Waals surface area contributed by atoms with Gasteiger partial charge in [0.1, 0.15) is 0 Å². The minimum Gasteiger partial charge on any atom is -0.388 e. The van der Waals surface area contributed by atoms with E-state index < -0.39 is 6.10 Å². The highest BCUT2D eigenvalue weighted by atomic mass is 16.3. The molecule has 0 fully saturated rings. The summed E-state index contributed by atoms with van der Waals surface area (Å²) < 4.78 is 0. The lowest BCUT2D eigenvalue weighted by Crippen LogP contribution is -2.21. The number of aliphatic hydroxyl groups is 1. The first-order valence-corrected chi connectivity index (χ1v) is 5.02. The van der Waals surface area contributed by atoms with Crippen LogP contribution in [-0.4, -0.2) is 17.0 Å². The fourth-order valence-corrected chi connectivity index (χ4v) is 1.67. The molecule has 2 nitrogen and oxygen atoms in total. The van der Waals surface area contributed by atoms with Crippen molar-refractivity contribution in [2.45, 2.75) is 45.6 Å². The number of carbonyl (C=O) groups is 1. The molecule has 0 radical (unpaired) electrons. The molecular formula is C11H18O2. The van der Waals surface area contributed by atoms with Crippen LogP contribution in [0.1, 0.15) is 39.5 Å². The van der Waals surface area contributed by atoms with Crippen LogP contribution in [0.3, 0.4) is 0 Å². The van der Waals surface area contributed by atoms with Gasteiger partial charge >= 0.3 is 0 Å². The molecule has 0 saturated carbocycles. The number of aliphatic hydroxyl groups excluding tert-OH is 1. The van der Waals surface area contributed by atoms with E-state index in [1.807, 2.05) is 6.08 Å². The molecule has 0 aromatic heterocycles. The molecule has 1 atom stereocenters. The van der Waals surface area contributed by atoms with Crippen LogP contribution in [0, 0.1) is 5.92 Å². The lowest BCUT2D eigenvalue weighted by atomic mass is 9.90. The summed E-state index contributed by atoms with van der Waals surface area (Å²) in [6.07, 6.45) is 4.55. The maximum Gasteiger partial charge on any atom is 0.161 e. The average molecular weight is 182 g/mol. The van der Waals surface area contributed by atoms with Crippen LogP contribution < -0.4 is 0 Å². The molecule has 13 heavy (non-hydrogen) atoms. The Labute approximate surface area is 79.6 Å². The molecule has 0 aromatic rings. The average Bonchev–Trinajstić information content (AvgIpc) is 2.03. The molecule has 74 valence electrons. The van der Waals surface area contributed by atoms with E-state index in [9.17, 15) is 9.90 Å². The standard InChI is InChI=1S/C11H18O2/c1-8(2)7-11(13)9-5-3-4-6-10(9)12/h5,8,11,13H,3-4,6-7H2,1-2H3. The molecule has 0 aliphatic heterocycles. The van der Waals surface area contributed by atoms with E-state index in [-0.39, 0.29) is 5.78 Å². The first kappa shape index (κ1) is 10.5. The van der Waals surface area contributed by atoms with E-state index >= 15 is 0 Å². The van der Waals surface area contributed by atoms with Gasteiger partial charge in [0.2, 0.25) is 0 Å². The predicted molar refractivity (Wildman–Crippen MR) is 52.4 cm³/mol. The molecule has 0 bridgehead atoms. The Morgan fingerprint density at radius 1 is 1.54 bits per heavy atom. The molecular weight excluding hydrogens is 164 g/mol. The Hall–Kier alpha value is -0.630. The fraction of sp³-hybridized carbons (Fsp3) is 0.727. The van der Waals surface area contributed by atoms with Crippen LogP contribution in [0.2, 0.25) is 0 Å². The normalized spacial score (nSPS) is 20.3. The molecule has 1 N–H and O–H groups in total. The zero-order valence-corrected chi connectivity index (χ0v) is 8.42. The van der Waals surface area contributed by atoms with Crippen molar-refractivity contribution in [2.24, 2.45) is 5.92 Å². The predicted octanol–water partition coefficient (Wildman–Crippen LogP) is 2.07. The Balaban J connectivity index is 2.58. The Morgan fingerprint density at radius 2 is 2.23 bits per heavy atom. The molecule has 0 spiro atoms. The van der Waals surface area contributed by atoms with Gasteiger partial charge in [0.05, 0.1) is 6.10 Å². The van der Waals surface area contributed by atoms with E-state index in [0.29, 0.717) is 24.3 Å². The SMILES string of the molecule is CC(C)CC(O)C1=CCCCC1=O. The first-order valence-electron chi connectivity index (χ1n) is 5.02. The monoisotopic (exact) mass is 182 g/mol. The van der Waals surface area contributed by atoms with Gasteiger partial charge in [-0.1, -0.05) is 19.9 Å². The van der Waals surface area contributed by atoms with Gasteiger partial charge in [-0.05, 0) is 25.2 Å². The lowest BCUT2D eigenvalue weighted by molar-refractivity contribution is -0.117. The number of rotatable bonds is 3. The second-order valence-corrected chi connectivity index (χ2v) is 4.12. The van der Waals surface area contributed by atoms with Crippen molar-refractivity contribution in [3.63, 3.8) is 0 Å². The molecule has 2 heteroatoms. The third kappa shape index (κ3) is 2.96. The molecule has 1 aliphatic rings. The summed E-state index contributed by atoms with van der Waals surface area (Å²) in [5, 5.41) is 9.73. The summed E-state index contributed by atoms with van der Waals surface area (Å²) in [5.74, 6) is 0.574. The highest BCUT2D eigenvalue weighted by molar-refractivity contribution is 5.96. The van der Waals surface area contributed by atoms with Crippen molar-refractivity contribution in [1.29, 1.82) is 0 Å². The van der Waals surface area contributed by atoms with Gasteiger partial charge < -0.3 is 5.11 Å². The van der Waals surface area contributed by atoms with Gasteiger partial charge in [-0.3, -0.25) is 4.79 Å². The van der Waals surface area contributed by atoms with Crippen molar-refractivity contribution in [1.82, 2.24) is 0 Å². The summed E-state index contributed by atoms with van der Waals surface area (Å²) in [6, 6.07) is 0. The second-order valence-electron chi connectivity index (χ2n) is 4.12. The van der Waals surface area contributed by atoms with Crippen LogP contribution in [0.4, 0.5) is 0 Å². The maximum atomic E-state index is 11.4. The number of carbonyl (C=O) groups excluding carboxylic acids is 1. The summed E-state index contributed by atoms with van der Waals surface area (Å²) in [4.78, 5) is 11.4.